The number of benzene rings is 1. The van der Waals surface area contributed by atoms with Crippen LogP contribution >= 0.6 is 0 Å². The number of para-hydroxylation sites is 1. The number of ether oxygens (including phenoxy) is 2. The van der Waals surface area contributed by atoms with E-state index in [0.29, 0.717) is 19.0 Å². The number of methoxy groups -OCH3 is 1. The summed E-state index contributed by atoms with van der Waals surface area (Å²) in [7, 11) is 1.50. The Hall–Kier alpha value is -3.44. The zero-order valence-electron chi connectivity index (χ0n) is 18.4. The molecule has 1 amide bonds. The van der Waals surface area contributed by atoms with E-state index >= 15 is 0 Å². The molecule has 0 spiro atoms. The standard InChI is InChI=1S/C24H27N3O5/c1-17-7-9-26(10-8-17)22(28)16-32-21-6-4-3-5-20(21)23(29)19-13-18(14-25)24(30)27(15-19)11-12-31-2/h3-6,13,15,17H,7-12,16H2,1-2H3. The van der Waals surface area contributed by atoms with Gasteiger partial charge < -0.3 is 18.9 Å². The van der Waals surface area contributed by atoms with E-state index in [4.69, 9.17) is 9.47 Å². The molecule has 32 heavy (non-hydrogen) atoms. The van der Waals surface area contributed by atoms with E-state index in [1.54, 1.807) is 29.2 Å². The number of hydrogen-bond donors (Lipinski definition) is 0. The quantitative estimate of drug-likeness (QED) is 0.587. The Morgan fingerprint density at radius 2 is 1.94 bits per heavy atom. The van der Waals surface area contributed by atoms with Crippen molar-refractivity contribution in [2.45, 2.75) is 26.3 Å². The molecule has 1 aromatic carbocycles. The summed E-state index contributed by atoms with van der Waals surface area (Å²) in [5.74, 6) is 0.384. The summed E-state index contributed by atoms with van der Waals surface area (Å²) in [6.45, 7) is 3.92. The number of amides is 1. The van der Waals surface area contributed by atoms with Crippen LogP contribution in [0, 0.1) is 17.2 Å². The second-order valence-electron chi connectivity index (χ2n) is 7.92. The molecule has 0 saturated carbocycles. The number of rotatable bonds is 8. The first-order valence-corrected chi connectivity index (χ1v) is 10.6. The van der Waals surface area contributed by atoms with Crippen molar-refractivity contribution in [3.8, 4) is 11.8 Å². The third kappa shape index (κ3) is 5.42. The van der Waals surface area contributed by atoms with Gasteiger partial charge in [-0.3, -0.25) is 14.4 Å². The fraction of sp³-hybridized carbons (Fsp3) is 0.417. The zero-order chi connectivity index (χ0) is 23.1. The summed E-state index contributed by atoms with van der Waals surface area (Å²) >= 11 is 0. The summed E-state index contributed by atoms with van der Waals surface area (Å²) in [5, 5.41) is 9.31. The summed E-state index contributed by atoms with van der Waals surface area (Å²) in [5.41, 5.74) is -0.162. The SMILES string of the molecule is COCCn1cc(C(=O)c2ccccc2OCC(=O)N2CCC(C)CC2)cc(C#N)c1=O. The molecule has 8 nitrogen and oxygen atoms in total. The van der Waals surface area contributed by atoms with Crippen LogP contribution in [0.1, 0.15) is 41.3 Å². The Labute approximate surface area is 187 Å². The highest BCUT2D eigenvalue weighted by Crippen LogP contribution is 2.22. The molecular formula is C24H27N3O5. The minimum atomic E-state index is -0.480. The average molecular weight is 437 g/mol. The number of hydrogen-bond acceptors (Lipinski definition) is 6. The molecule has 1 aliphatic rings. The number of aromatic nitrogens is 1. The van der Waals surface area contributed by atoms with Crippen LogP contribution in [0.3, 0.4) is 0 Å². The van der Waals surface area contributed by atoms with Gasteiger partial charge in [0.1, 0.15) is 17.4 Å². The highest BCUT2D eigenvalue weighted by atomic mass is 16.5. The number of likely N-dealkylation sites (tertiary alicyclic amines) is 1. The molecule has 0 bridgehead atoms. The van der Waals surface area contributed by atoms with Crippen molar-refractivity contribution in [2.75, 3.05) is 33.4 Å². The highest BCUT2D eigenvalue weighted by molar-refractivity contribution is 6.10. The third-order valence-corrected chi connectivity index (χ3v) is 5.62. The minimum absolute atomic E-state index is 0.112. The molecule has 2 heterocycles. The normalized spacial score (nSPS) is 14.1. The van der Waals surface area contributed by atoms with Gasteiger partial charge in [0.2, 0.25) is 0 Å². The maximum Gasteiger partial charge on any atom is 0.268 e. The lowest BCUT2D eigenvalue weighted by Gasteiger charge is -2.30. The average Bonchev–Trinajstić information content (AvgIpc) is 2.82. The second-order valence-corrected chi connectivity index (χ2v) is 7.92. The Morgan fingerprint density at radius 3 is 2.62 bits per heavy atom. The van der Waals surface area contributed by atoms with Crippen LogP contribution in [0.2, 0.25) is 0 Å². The van der Waals surface area contributed by atoms with Crippen molar-refractivity contribution in [1.29, 1.82) is 5.26 Å². The van der Waals surface area contributed by atoms with Crippen LogP contribution in [-0.4, -0.2) is 54.6 Å². The first-order chi connectivity index (χ1) is 15.4. The third-order valence-electron chi connectivity index (χ3n) is 5.62. The van der Waals surface area contributed by atoms with E-state index < -0.39 is 11.3 Å². The number of pyridine rings is 1. The van der Waals surface area contributed by atoms with Crippen molar-refractivity contribution >= 4 is 11.7 Å². The fourth-order valence-electron chi connectivity index (χ4n) is 3.62. The van der Waals surface area contributed by atoms with Gasteiger partial charge in [0, 0.05) is 38.5 Å². The van der Waals surface area contributed by atoms with Crippen molar-refractivity contribution in [3.05, 3.63) is 63.6 Å². The van der Waals surface area contributed by atoms with Gasteiger partial charge in [-0.2, -0.15) is 5.26 Å². The second kappa shape index (κ2) is 10.7. The van der Waals surface area contributed by atoms with Crippen LogP contribution < -0.4 is 10.3 Å². The van der Waals surface area contributed by atoms with Crippen molar-refractivity contribution in [3.63, 3.8) is 0 Å². The van der Waals surface area contributed by atoms with Crippen LogP contribution in [0.4, 0.5) is 0 Å². The van der Waals surface area contributed by atoms with Crippen molar-refractivity contribution in [2.24, 2.45) is 5.92 Å². The molecule has 1 saturated heterocycles. The van der Waals surface area contributed by atoms with Gasteiger partial charge in [-0.1, -0.05) is 19.1 Å². The van der Waals surface area contributed by atoms with Crippen molar-refractivity contribution < 1.29 is 19.1 Å². The highest BCUT2D eigenvalue weighted by Gasteiger charge is 2.22. The molecule has 3 rings (SSSR count). The van der Waals surface area contributed by atoms with Gasteiger partial charge in [-0.25, -0.2) is 0 Å². The van der Waals surface area contributed by atoms with Gasteiger partial charge in [0.05, 0.1) is 12.2 Å². The largest absolute Gasteiger partial charge is 0.483 e. The van der Waals surface area contributed by atoms with Gasteiger partial charge in [0.25, 0.3) is 11.5 Å². The molecule has 168 valence electrons. The summed E-state index contributed by atoms with van der Waals surface area (Å²) in [6.07, 6.45) is 3.36. The molecule has 0 radical (unpaired) electrons. The van der Waals surface area contributed by atoms with E-state index in [9.17, 15) is 19.6 Å². The van der Waals surface area contributed by atoms with Crippen LogP contribution in [0.5, 0.6) is 5.75 Å². The van der Waals surface area contributed by atoms with Gasteiger partial charge in [0.15, 0.2) is 12.4 Å². The zero-order valence-corrected chi connectivity index (χ0v) is 18.4. The van der Waals surface area contributed by atoms with Gasteiger partial charge in [-0.15, -0.1) is 0 Å². The molecule has 0 aliphatic carbocycles. The fourth-order valence-corrected chi connectivity index (χ4v) is 3.62. The first kappa shape index (κ1) is 23.2. The number of piperidine rings is 1. The lowest BCUT2D eigenvalue weighted by atomic mass is 9.99. The number of carbonyl (C=O) groups is 2. The molecule has 8 heteroatoms. The predicted octanol–water partition coefficient (Wildman–Crippen LogP) is 2.23. The number of nitriles is 1. The maximum absolute atomic E-state index is 13.2. The number of carbonyl (C=O) groups excluding carboxylic acids is 2. The van der Waals surface area contributed by atoms with E-state index in [1.165, 1.54) is 23.9 Å². The molecular weight excluding hydrogens is 410 g/mol. The Bertz CT molecular complexity index is 1080. The lowest BCUT2D eigenvalue weighted by molar-refractivity contribution is -0.134. The van der Waals surface area contributed by atoms with Crippen LogP contribution in [0.25, 0.3) is 0 Å². The van der Waals surface area contributed by atoms with Crippen LogP contribution in [-0.2, 0) is 16.1 Å². The number of ketones is 1. The summed E-state index contributed by atoms with van der Waals surface area (Å²) in [6, 6.07) is 9.77. The monoisotopic (exact) mass is 437 g/mol. The topological polar surface area (TPSA) is 102 Å². The maximum atomic E-state index is 13.2. The van der Waals surface area contributed by atoms with Crippen molar-refractivity contribution in [1.82, 2.24) is 9.47 Å². The first-order valence-electron chi connectivity index (χ1n) is 10.6. The van der Waals surface area contributed by atoms with E-state index in [0.717, 1.165) is 12.8 Å². The molecule has 1 aromatic heterocycles. The Kier molecular flexibility index (Phi) is 7.79. The van der Waals surface area contributed by atoms with E-state index in [2.05, 4.69) is 6.92 Å². The van der Waals surface area contributed by atoms with Gasteiger partial charge in [-0.05, 0) is 37.0 Å². The molecule has 2 aromatic rings. The molecule has 0 atom stereocenters. The Balaban J connectivity index is 1.80. The van der Waals surface area contributed by atoms with E-state index in [-0.39, 0.29) is 48.1 Å². The van der Waals surface area contributed by atoms with E-state index in [1.807, 2.05) is 6.07 Å². The lowest BCUT2D eigenvalue weighted by Crippen LogP contribution is -2.40. The molecule has 1 fully saturated rings. The van der Waals surface area contributed by atoms with Gasteiger partial charge >= 0.3 is 0 Å². The van der Waals surface area contributed by atoms with Crippen LogP contribution in [0.15, 0.2) is 41.3 Å². The molecule has 0 unspecified atom stereocenters. The summed E-state index contributed by atoms with van der Waals surface area (Å²) < 4.78 is 12.0. The molecule has 1 aliphatic heterocycles. The predicted molar refractivity (Wildman–Crippen MR) is 118 cm³/mol. The minimum Gasteiger partial charge on any atom is -0.483 e. The number of nitrogens with zero attached hydrogens (tertiary/aromatic N) is 3. The summed E-state index contributed by atoms with van der Waals surface area (Å²) in [4.78, 5) is 39.9. The smallest absolute Gasteiger partial charge is 0.268 e. The Morgan fingerprint density at radius 1 is 1.22 bits per heavy atom. The molecule has 0 N–H and O–H groups in total.